The molecule has 2 unspecified atom stereocenters. The van der Waals surface area contributed by atoms with E-state index in [-0.39, 0.29) is 17.5 Å². The molecular weight excluding hydrogens is 347 g/mol. The highest BCUT2D eigenvalue weighted by Gasteiger charge is 2.25. The van der Waals surface area contributed by atoms with Gasteiger partial charge < -0.3 is 15.6 Å². The average molecular weight is 368 g/mol. The third kappa shape index (κ3) is 3.34. The Hall–Kier alpha value is -3.03. The summed E-state index contributed by atoms with van der Waals surface area (Å²) in [6.07, 6.45) is 5.82. The summed E-state index contributed by atoms with van der Waals surface area (Å²) in [5.74, 6) is 0.662. The van der Waals surface area contributed by atoms with Gasteiger partial charge >= 0.3 is 0 Å². The summed E-state index contributed by atoms with van der Waals surface area (Å²) < 4.78 is 15.2. The number of hydrogen-bond donors (Lipinski definition) is 2. The lowest BCUT2D eigenvalue weighted by atomic mass is 10.1. The third-order valence-corrected chi connectivity index (χ3v) is 4.98. The smallest absolute Gasteiger partial charge is 0.262 e. The normalized spacial score (nSPS) is 19.5. The first-order chi connectivity index (χ1) is 13.0. The van der Waals surface area contributed by atoms with Crippen LogP contribution in [-0.2, 0) is 6.54 Å². The predicted molar refractivity (Wildman–Crippen MR) is 103 cm³/mol. The van der Waals surface area contributed by atoms with Crippen LogP contribution < -0.4 is 16.6 Å². The SMILES string of the molecule is CCn1ccc2cc(-c3cnc(N)nc3)nc(NC3CCC(F)C3)c2c1=O. The Morgan fingerprint density at radius 1 is 1.33 bits per heavy atom. The fourth-order valence-electron chi connectivity index (χ4n) is 3.53. The van der Waals surface area contributed by atoms with Crippen molar-refractivity contribution in [3.63, 3.8) is 0 Å². The molecule has 0 amide bonds. The van der Waals surface area contributed by atoms with Crippen molar-refractivity contribution in [1.29, 1.82) is 0 Å². The molecule has 0 aromatic carbocycles. The van der Waals surface area contributed by atoms with Gasteiger partial charge in [-0.05, 0) is 43.7 Å². The summed E-state index contributed by atoms with van der Waals surface area (Å²) in [7, 11) is 0. The Balaban J connectivity index is 1.87. The molecular formula is C19H21FN6O. The van der Waals surface area contributed by atoms with Crippen molar-refractivity contribution in [3.8, 4) is 11.3 Å². The van der Waals surface area contributed by atoms with Gasteiger partial charge in [-0.25, -0.2) is 19.3 Å². The third-order valence-electron chi connectivity index (χ3n) is 4.98. The van der Waals surface area contributed by atoms with Crippen LogP contribution >= 0.6 is 0 Å². The van der Waals surface area contributed by atoms with E-state index in [9.17, 15) is 9.18 Å². The molecule has 1 saturated carbocycles. The first-order valence-corrected chi connectivity index (χ1v) is 9.08. The molecule has 8 heteroatoms. The zero-order valence-corrected chi connectivity index (χ0v) is 15.0. The van der Waals surface area contributed by atoms with Crippen molar-refractivity contribution in [2.45, 2.75) is 44.9 Å². The van der Waals surface area contributed by atoms with Crippen LogP contribution in [0, 0.1) is 0 Å². The molecule has 1 aliphatic carbocycles. The number of pyridine rings is 2. The molecule has 1 aliphatic rings. The number of nitrogens with zero attached hydrogens (tertiary/aromatic N) is 4. The zero-order valence-electron chi connectivity index (χ0n) is 15.0. The average Bonchev–Trinajstić information content (AvgIpc) is 3.07. The van der Waals surface area contributed by atoms with E-state index < -0.39 is 6.17 Å². The molecule has 3 aromatic rings. The van der Waals surface area contributed by atoms with E-state index in [1.54, 1.807) is 23.2 Å². The monoisotopic (exact) mass is 368 g/mol. The highest BCUT2D eigenvalue weighted by Crippen LogP contribution is 2.29. The molecule has 1 fully saturated rings. The summed E-state index contributed by atoms with van der Waals surface area (Å²) in [4.78, 5) is 25.6. The van der Waals surface area contributed by atoms with Gasteiger partial charge in [-0.15, -0.1) is 0 Å². The number of halogens is 1. The predicted octanol–water partition coefficient (Wildman–Crippen LogP) is 2.76. The minimum Gasteiger partial charge on any atom is -0.368 e. The minimum absolute atomic E-state index is 0.0386. The van der Waals surface area contributed by atoms with Gasteiger partial charge in [0, 0.05) is 36.7 Å². The first-order valence-electron chi connectivity index (χ1n) is 9.08. The Bertz CT molecular complexity index is 1030. The van der Waals surface area contributed by atoms with Crippen molar-refractivity contribution in [2.75, 3.05) is 11.1 Å². The summed E-state index contributed by atoms with van der Waals surface area (Å²) in [6.45, 7) is 2.48. The van der Waals surface area contributed by atoms with Crippen LogP contribution in [0.4, 0.5) is 16.2 Å². The van der Waals surface area contributed by atoms with Crippen LogP contribution in [0.2, 0.25) is 0 Å². The van der Waals surface area contributed by atoms with Gasteiger partial charge in [0.15, 0.2) is 0 Å². The molecule has 3 heterocycles. The Kier molecular flexibility index (Phi) is 4.47. The van der Waals surface area contributed by atoms with Crippen molar-refractivity contribution in [2.24, 2.45) is 0 Å². The summed E-state index contributed by atoms with van der Waals surface area (Å²) in [6, 6.07) is 3.69. The van der Waals surface area contributed by atoms with Crippen LogP contribution in [0.25, 0.3) is 22.0 Å². The molecule has 0 radical (unpaired) electrons. The van der Waals surface area contributed by atoms with Crippen LogP contribution in [0.1, 0.15) is 26.2 Å². The van der Waals surface area contributed by atoms with E-state index in [4.69, 9.17) is 5.73 Å². The number of rotatable bonds is 4. The number of fused-ring (bicyclic) bond motifs is 1. The molecule has 4 rings (SSSR count). The summed E-state index contributed by atoms with van der Waals surface area (Å²) in [5.41, 5.74) is 6.78. The zero-order chi connectivity index (χ0) is 19.0. The second-order valence-electron chi connectivity index (χ2n) is 6.81. The van der Waals surface area contributed by atoms with Crippen molar-refractivity contribution in [1.82, 2.24) is 19.5 Å². The number of aryl methyl sites for hydroxylation is 1. The fraction of sp³-hybridized carbons (Fsp3) is 0.368. The number of nitrogens with one attached hydrogen (secondary N) is 1. The maximum absolute atomic E-state index is 13.6. The van der Waals surface area contributed by atoms with Gasteiger partial charge in [0.2, 0.25) is 5.95 Å². The number of alkyl halides is 1. The molecule has 7 nitrogen and oxygen atoms in total. The second-order valence-corrected chi connectivity index (χ2v) is 6.81. The second kappa shape index (κ2) is 6.94. The molecule has 3 N–H and O–H groups in total. The van der Waals surface area contributed by atoms with Gasteiger partial charge in [0.05, 0.1) is 11.1 Å². The molecule has 0 aliphatic heterocycles. The lowest BCUT2D eigenvalue weighted by Crippen LogP contribution is -2.23. The fourth-order valence-corrected chi connectivity index (χ4v) is 3.53. The van der Waals surface area contributed by atoms with Crippen LogP contribution in [0.3, 0.4) is 0 Å². The summed E-state index contributed by atoms with van der Waals surface area (Å²) >= 11 is 0. The largest absolute Gasteiger partial charge is 0.368 e. The number of hydrogen-bond acceptors (Lipinski definition) is 6. The van der Waals surface area contributed by atoms with E-state index in [0.29, 0.717) is 48.3 Å². The quantitative estimate of drug-likeness (QED) is 0.735. The maximum Gasteiger partial charge on any atom is 0.262 e. The molecule has 0 saturated heterocycles. The molecule has 0 bridgehead atoms. The van der Waals surface area contributed by atoms with Gasteiger partial charge in [0.25, 0.3) is 5.56 Å². The molecule has 140 valence electrons. The lowest BCUT2D eigenvalue weighted by molar-refractivity contribution is 0.341. The number of anilines is 2. The minimum atomic E-state index is -0.810. The van der Waals surface area contributed by atoms with Crippen molar-refractivity contribution < 1.29 is 4.39 Å². The highest BCUT2D eigenvalue weighted by atomic mass is 19.1. The van der Waals surface area contributed by atoms with Crippen LogP contribution in [-0.4, -0.2) is 31.7 Å². The van der Waals surface area contributed by atoms with Gasteiger partial charge in [-0.1, -0.05) is 0 Å². The first kappa shape index (κ1) is 17.4. The molecule has 2 atom stereocenters. The van der Waals surface area contributed by atoms with Gasteiger partial charge in [-0.3, -0.25) is 4.79 Å². The number of aromatic nitrogens is 4. The van der Waals surface area contributed by atoms with Crippen molar-refractivity contribution in [3.05, 3.63) is 41.1 Å². The van der Waals surface area contributed by atoms with Gasteiger partial charge in [0.1, 0.15) is 12.0 Å². The van der Waals surface area contributed by atoms with E-state index in [0.717, 1.165) is 5.39 Å². The Labute approximate surface area is 155 Å². The highest BCUT2D eigenvalue weighted by molar-refractivity contribution is 5.93. The maximum atomic E-state index is 13.6. The molecule has 3 aromatic heterocycles. The van der Waals surface area contributed by atoms with E-state index in [2.05, 4.69) is 20.3 Å². The topological polar surface area (TPSA) is 98.7 Å². The Morgan fingerprint density at radius 2 is 2.11 bits per heavy atom. The summed E-state index contributed by atoms with van der Waals surface area (Å²) in [5, 5.41) is 4.58. The Morgan fingerprint density at radius 3 is 2.78 bits per heavy atom. The molecule has 27 heavy (non-hydrogen) atoms. The van der Waals surface area contributed by atoms with E-state index in [1.165, 1.54) is 0 Å². The van der Waals surface area contributed by atoms with Crippen molar-refractivity contribution >= 4 is 22.5 Å². The van der Waals surface area contributed by atoms with Gasteiger partial charge in [-0.2, -0.15) is 0 Å². The number of nitrogens with two attached hydrogens (primary N) is 1. The lowest BCUT2D eigenvalue weighted by Gasteiger charge is -2.16. The van der Waals surface area contributed by atoms with Crippen LogP contribution in [0.15, 0.2) is 35.5 Å². The van der Waals surface area contributed by atoms with Crippen LogP contribution in [0.5, 0.6) is 0 Å². The van der Waals surface area contributed by atoms with E-state index in [1.807, 2.05) is 19.1 Å². The standard InChI is InChI=1S/C19H21FN6O/c1-2-26-6-5-11-7-15(12-9-22-19(21)23-10-12)25-17(16(11)18(26)27)24-14-4-3-13(20)8-14/h5-7,9-10,13-14H,2-4,8H2,1H3,(H,24,25)(H2,21,22,23). The van der Waals surface area contributed by atoms with E-state index >= 15 is 0 Å². The number of nitrogen functional groups attached to an aromatic ring is 1. The molecule has 0 spiro atoms.